The third-order valence-corrected chi connectivity index (χ3v) is 6.66. The van der Waals surface area contributed by atoms with E-state index in [0.29, 0.717) is 24.5 Å². The quantitative estimate of drug-likeness (QED) is 0.256. The van der Waals surface area contributed by atoms with E-state index in [0.717, 1.165) is 22.7 Å². The highest BCUT2D eigenvalue weighted by molar-refractivity contribution is 7.92. The lowest BCUT2D eigenvalue weighted by molar-refractivity contribution is 0.172. The molecule has 0 radical (unpaired) electrons. The van der Waals surface area contributed by atoms with Gasteiger partial charge in [-0.05, 0) is 48.9 Å². The monoisotopic (exact) mass is 484 g/mol. The number of ether oxygens (including phenoxy) is 1. The Morgan fingerprint density at radius 1 is 1.12 bits per heavy atom. The topological polar surface area (TPSA) is 116 Å². The minimum absolute atomic E-state index is 0.0172. The van der Waals surface area contributed by atoms with Crippen molar-refractivity contribution in [3.8, 4) is 5.75 Å². The maximum Gasteiger partial charge on any atom is 0.261 e. The molecule has 0 amide bonds. The van der Waals surface area contributed by atoms with Crippen molar-refractivity contribution in [1.29, 1.82) is 0 Å². The summed E-state index contributed by atoms with van der Waals surface area (Å²) >= 11 is 0. The summed E-state index contributed by atoms with van der Waals surface area (Å²) in [6, 6.07) is 17.2. The lowest BCUT2D eigenvalue weighted by Crippen LogP contribution is -2.26. The molecule has 1 aromatic heterocycles. The standard InChI is InChI=1S/C24H25FN4O4S/c1-16-20-9-8-18(14-22(20)28-27-16)33-12-11-26-15-24(30)17-7-10-21(25)23(13-17)29-34(31,32)19-5-3-2-4-6-19/h2-10,13-14,24,26,29-30H,11-12,15H2,1H3,(H,27,28)/t24-/m0/s1. The molecule has 0 aliphatic carbocycles. The van der Waals surface area contributed by atoms with Crippen molar-refractivity contribution in [3.63, 3.8) is 0 Å². The number of rotatable bonds is 10. The molecule has 1 atom stereocenters. The van der Waals surface area contributed by atoms with Crippen molar-refractivity contribution in [2.24, 2.45) is 0 Å². The molecule has 0 bridgehead atoms. The number of hydrogen-bond donors (Lipinski definition) is 4. The highest BCUT2D eigenvalue weighted by Crippen LogP contribution is 2.24. The van der Waals surface area contributed by atoms with Gasteiger partial charge in [-0.1, -0.05) is 24.3 Å². The van der Waals surface area contributed by atoms with Crippen LogP contribution in [0, 0.1) is 12.7 Å². The molecule has 4 rings (SSSR count). The zero-order chi connectivity index (χ0) is 24.1. The van der Waals surface area contributed by atoms with Crippen molar-refractivity contribution < 1.29 is 22.7 Å². The minimum Gasteiger partial charge on any atom is -0.492 e. The maximum atomic E-state index is 14.2. The third-order valence-electron chi connectivity index (χ3n) is 5.28. The summed E-state index contributed by atoms with van der Waals surface area (Å²) in [5.41, 5.74) is 1.97. The van der Waals surface area contributed by atoms with Crippen LogP contribution in [0.3, 0.4) is 0 Å². The number of H-pyrrole nitrogens is 1. The number of aliphatic hydroxyl groups excluding tert-OH is 1. The fourth-order valence-electron chi connectivity index (χ4n) is 3.44. The fraction of sp³-hybridized carbons (Fsp3) is 0.208. The number of benzene rings is 3. The molecule has 0 fully saturated rings. The Kier molecular flexibility index (Phi) is 7.11. The van der Waals surface area contributed by atoms with Crippen molar-refractivity contribution in [3.05, 3.63) is 83.8 Å². The average Bonchev–Trinajstić information content (AvgIpc) is 3.20. The Bertz CT molecular complexity index is 1380. The number of hydrogen-bond acceptors (Lipinski definition) is 6. The molecule has 178 valence electrons. The summed E-state index contributed by atoms with van der Waals surface area (Å²) in [7, 11) is -3.95. The number of aliphatic hydroxyl groups is 1. The molecule has 0 saturated heterocycles. The number of nitrogens with one attached hydrogen (secondary N) is 3. The van der Waals surface area contributed by atoms with Gasteiger partial charge >= 0.3 is 0 Å². The number of anilines is 1. The van der Waals surface area contributed by atoms with Gasteiger partial charge in [0.05, 0.1) is 22.2 Å². The molecule has 34 heavy (non-hydrogen) atoms. The lowest BCUT2D eigenvalue weighted by atomic mass is 10.1. The number of halogens is 1. The molecule has 10 heteroatoms. The van der Waals surface area contributed by atoms with Crippen LogP contribution in [0.25, 0.3) is 10.9 Å². The van der Waals surface area contributed by atoms with E-state index in [1.54, 1.807) is 18.2 Å². The molecule has 0 spiro atoms. The van der Waals surface area contributed by atoms with Gasteiger partial charge in [0.1, 0.15) is 18.2 Å². The summed E-state index contributed by atoms with van der Waals surface area (Å²) in [5.74, 6) is -0.0453. The Hall–Kier alpha value is -3.47. The normalized spacial score (nSPS) is 12.6. The number of sulfonamides is 1. The molecule has 0 aliphatic heterocycles. The highest BCUT2D eigenvalue weighted by atomic mass is 32.2. The molecule has 8 nitrogen and oxygen atoms in total. The fourth-order valence-corrected chi connectivity index (χ4v) is 4.52. The third kappa shape index (κ3) is 5.53. The van der Waals surface area contributed by atoms with Crippen LogP contribution in [0.4, 0.5) is 10.1 Å². The van der Waals surface area contributed by atoms with Crippen LogP contribution in [-0.2, 0) is 10.0 Å². The van der Waals surface area contributed by atoms with Crippen molar-refractivity contribution in [2.75, 3.05) is 24.4 Å². The van der Waals surface area contributed by atoms with Crippen LogP contribution in [0.15, 0.2) is 71.6 Å². The first-order chi connectivity index (χ1) is 16.3. The van der Waals surface area contributed by atoms with E-state index in [-0.39, 0.29) is 17.1 Å². The Labute approximate surface area is 196 Å². The molecule has 4 aromatic rings. The minimum atomic E-state index is -3.95. The average molecular weight is 485 g/mol. The van der Waals surface area contributed by atoms with Gasteiger partial charge in [0, 0.05) is 30.2 Å². The smallest absolute Gasteiger partial charge is 0.261 e. The van der Waals surface area contributed by atoms with Gasteiger partial charge in [-0.25, -0.2) is 12.8 Å². The summed E-state index contributed by atoms with van der Waals surface area (Å²) in [6.07, 6.45) is -0.969. The van der Waals surface area contributed by atoms with Crippen LogP contribution in [0.2, 0.25) is 0 Å². The van der Waals surface area contributed by atoms with Gasteiger partial charge in [0.15, 0.2) is 0 Å². The van der Waals surface area contributed by atoms with Crippen LogP contribution >= 0.6 is 0 Å². The van der Waals surface area contributed by atoms with Gasteiger partial charge in [-0.3, -0.25) is 9.82 Å². The predicted molar refractivity (Wildman–Crippen MR) is 128 cm³/mol. The molecular formula is C24H25FN4O4S. The highest BCUT2D eigenvalue weighted by Gasteiger charge is 2.18. The molecule has 1 heterocycles. The summed E-state index contributed by atoms with van der Waals surface area (Å²) in [4.78, 5) is 0.0172. The van der Waals surface area contributed by atoms with Crippen molar-refractivity contribution in [1.82, 2.24) is 15.5 Å². The molecular weight excluding hydrogens is 459 g/mol. The van der Waals surface area contributed by atoms with Crippen LogP contribution in [0.5, 0.6) is 5.75 Å². The first-order valence-electron chi connectivity index (χ1n) is 10.7. The SMILES string of the molecule is Cc1[nH]nc2cc(OCCNC[C@H](O)c3ccc(F)c(NS(=O)(=O)c4ccccc4)c3)ccc12. The molecule has 0 unspecified atom stereocenters. The van der Waals surface area contributed by atoms with Gasteiger partial charge in [-0.15, -0.1) is 0 Å². The summed E-state index contributed by atoms with van der Waals surface area (Å²) in [6.45, 7) is 2.96. The Morgan fingerprint density at radius 2 is 1.91 bits per heavy atom. The van der Waals surface area contributed by atoms with Crippen LogP contribution < -0.4 is 14.8 Å². The van der Waals surface area contributed by atoms with Gasteiger partial charge < -0.3 is 15.2 Å². The summed E-state index contributed by atoms with van der Waals surface area (Å²) < 4.78 is 47.2. The molecule has 3 aromatic carbocycles. The maximum absolute atomic E-state index is 14.2. The Morgan fingerprint density at radius 3 is 2.71 bits per heavy atom. The number of aromatic amines is 1. The van der Waals surface area contributed by atoms with Gasteiger partial charge in [0.25, 0.3) is 10.0 Å². The summed E-state index contributed by atoms with van der Waals surface area (Å²) in [5, 5.41) is 21.7. The lowest BCUT2D eigenvalue weighted by Gasteiger charge is -2.15. The number of fused-ring (bicyclic) bond motifs is 1. The van der Waals surface area contributed by atoms with E-state index in [2.05, 4.69) is 20.2 Å². The largest absolute Gasteiger partial charge is 0.492 e. The predicted octanol–water partition coefficient (Wildman–Crippen LogP) is 3.51. The van der Waals surface area contributed by atoms with Crippen molar-refractivity contribution in [2.45, 2.75) is 17.9 Å². The first kappa shape index (κ1) is 23.7. The number of aryl methyl sites for hydroxylation is 1. The molecule has 0 aliphatic rings. The van der Waals surface area contributed by atoms with E-state index >= 15 is 0 Å². The number of nitrogens with zero attached hydrogens (tertiary/aromatic N) is 1. The van der Waals surface area contributed by atoms with Crippen LogP contribution in [0.1, 0.15) is 17.4 Å². The van der Waals surface area contributed by atoms with Gasteiger partial charge in [0.2, 0.25) is 0 Å². The Balaban J connectivity index is 1.30. The van der Waals surface area contributed by atoms with Crippen LogP contribution in [-0.4, -0.2) is 43.4 Å². The van der Waals surface area contributed by atoms with E-state index < -0.39 is 21.9 Å². The molecule has 4 N–H and O–H groups in total. The van der Waals surface area contributed by atoms with Gasteiger partial charge in [-0.2, -0.15) is 5.10 Å². The number of aromatic nitrogens is 2. The van der Waals surface area contributed by atoms with E-state index in [9.17, 15) is 17.9 Å². The van der Waals surface area contributed by atoms with E-state index in [1.807, 2.05) is 25.1 Å². The van der Waals surface area contributed by atoms with E-state index in [4.69, 9.17) is 4.74 Å². The first-order valence-corrected chi connectivity index (χ1v) is 12.2. The second-order valence-electron chi connectivity index (χ2n) is 7.75. The second-order valence-corrected chi connectivity index (χ2v) is 9.44. The molecule has 0 saturated carbocycles. The zero-order valence-corrected chi connectivity index (χ0v) is 19.3. The van der Waals surface area contributed by atoms with E-state index in [1.165, 1.54) is 24.3 Å². The second kappa shape index (κ2) is 10.2. The van der Waals surface area contributed by atoms with Crippen molar-refractivity contribution >= 4 is 26.6 Å². The zero-order valence-electron chi connectivity index (χ0n) is 18.5.